The molecule has 1 aromatic rings. The average molecular weight is 250 g/mol. The van der Waals surface area contributed by atoms with Crippen molar-refractivity contribution in [3.8, 4) is 5.88 Å². The number of anilines is 1. The van der Waals surface area contributed by atoms with Crippen LogP contribution in [0, 0.1) is 6.92 Å². The molecule has 1 aliphatic rings. The Morgan fingerprint density at radius 1 is 1.44 bits per heavy atom. The van der Waals surface area contributed by atoms with E-state index in [1.165, 1.54) is 0 Å². The minimum atomic E-state index is -0.0772. The molecule has 1 saturated heterocycles. The van der Waals surface area contributed by atoms with Crippen LogP contribution < -0.4 is 15.4 Å². The summed E-state index contributed by atoms with van der Waals surface area (Å²) in [7, 11) is 0. The molecule has 0 bridgehead atoms. The Kier molecular flexibility index (Phi) is 3.43. The molecule has 2 rings (SSSR count). The maximum absolute atomic E-state index is 6.16. The molecular formula is C13H22N4O. The molecular weight excluding hydrogens is 228 g/mol. The van der Waals surface area contributed by atoms with Crippen LogP contribution in [0.15, 0.2) is 6.07 Å². The molecule has 0 aliphatic carbocycles. The number of aryl methyl sites for hydroxylation is 1. The van der Waals surface area contributed by atoms with E-state index >= 15 is 0 Å². The third-order valence-corrected chi connectivity index (χ3v) is 3.17. The van der Waals surface area contributed by atoms with Gasteiger partial charge >= 0.3 is 0 Å². The summed E-state index contributed by atoms with van der Waals surface area (Å²) in [6, 6.07) is 1.86. The molecule has 0 aromatic carbocycles. The Hall–Kier alpha value is -1.36. The lowest BCUT2D eigenvalue weighted by Gasteiger charge is -2.47. The Balaban J connectivity index is 2.12. The van der Waals surface area contributed by atoms with Crippen molar-refractivity contribution in [1.82, 2.24) is 9.97 Å². The highest BCUT2D eigenvalue weighted by Gasteiger charge is 2.39. The van der Waals surface area contributed by atoms with Crippen LogP contribution in [0.3, 0.4) is 0 Å². The van der Waals surface area contributed by atoms with Gasteiger partial charge < -0.3 is 15.4 Å². The summed E-state index contributed by atoms with van der Waals surface area (Å²) in [5.74, 6) is 1.36. The van der Waals surface area contributed by atoms with Gasteiger partial charge in [0, 0.05) is 24.8 Å². The van der Waals surface area contributed by atoms with Gasteiger partial charge in [-0.25, -0.2) is 4.98 Å². The van der Waals surface area contributed by atoms with Gasteiger partial charge in [0.2, 0.25) is 11.8 Å². The molecule has 0 unspecified atom stereocenters. The Labute approximate surface area is 108 Å². The van der Waals surface area contributed by atoms with Crippen LogP contribution in [0.25, 0.3) is 0 Å². The van der Waals surface area contributed by atoms with Gasteiger partial charge in [0.25, 0.3) is 0 Å². The fraction of sp³-hybridized carbons (Fsp3) is 0.692. The van der Waals surface area contributed by atoms with Gasteiger partial charge in [-0.1, -0.05) is 6.92 Å². The molecule has 0 saturated carbocycles. The number of hydrogen-bond acceptors (Lipinski definition) is 5. The summed E-state index contributed by atoms with van der Waals surface area (Å²) in [5, 5.41) is 0. The van der Waals surface area contributed by atoms with Crippen molar-refractivity contribution in [3.05, 3.63) is 11.8 Å². The van der Waals surface area contributed by atoms with E-state index in [0.29, 0.717) is 5.88 Å². The molecule has 5 heteroatoms. The van der Waals surface area contributed by atoms with Gasteiger partial charge in [0.1, 0.15) is 0 Å². The van der Waals surface area contributed by atoms with E-state index in [9.17, 15) is 0 Å². The normalized spacial score (nSPS) is 17.8. The highest BCUT2D eigenvalue weighted by molar-refractivity contribution is 5.40. The minimum Gasteiger partial charge on any atom is -0.475 e. The average Bonchev–Trinajstić information content (AvgIpc) is 2.22. The van der Waals surface area contributed by atoms with Crippen LogP contribution in [-0.4, -0.2) is 34.7 Å². The molecule has 0 radical (unpaired) electrons. The lowest BCUT2D eigenvalue weighted by molar-refractivity contribution is 0.231. The molecule has 1 fully saturated rings. The van der Waals surface area contributed by atoms with E-state index in [2.05, 4.69) is 21.8 Å². The molecule has 100 valence electrons. The Morgan fingerprint density at radius 2 is 2.11 bits per heavy atom. The third-order valence-electron chi connectivity index (χ3n) is 3.17. The number of hydrogen-bond donors (Lipinski definition) is 1. The maximum Gasteiger partial charge on any atom is 0.228 e. The fourth-order valence-corrected chi connectivity index (χ4v) is 2.05. The van der Waals surface area contributed by atoms with Crippen molar-refractivity contribution in [2.75, 3.05) is 18.0 Å². The smallest absolute Gasteiger partial charge is 0.228 e. The van der Waals surface area contributed by atoms with Crippen molar-refractivity contribution >= 4 is 5.95 Å². The topological polar surface area (TPSA) is 64.3 Å². The summed E-state index contributed by atoms with van der Waals surface area (Å²) in [5.41, 5.74) is 7.00. The molecule has 5 nitrogen and oxygen atoms in total. The van der Waals surface area contributed by atoms with Crippen LogP contribution in [0.5, 0.6) is 5.88 Å². The predicted molar refractivity (Wildman–Crippen MR) is 72.0 cm³/mol. The number of ether oxygens (including phenoxy) is 1. The third kappa shape index (κ3) is 2.72. The van der Waals surface area contributed by atoms with E-state index in [1.54, 1.807) is 0 Å². The van der Waals surface area contributed by atoms with Gasteiger partial charge in [0.05, 0.1) is 11.6 Å². The van der Waals surface area contributed by atoms with Gasteiger partial charge in [-0.2, -0.15) is 4.98 Å². The largest absolute Gasteiger partial charge is 0.475 e. The first-order valence-corrected chi connectivity index (χ1v) is 6.48. The summed E-state index contributed by atoms with van der Waals surface area (Å²) in [6.07, 6.45) is 1.10. The Morgan fingerprint density at radius 3 is 2.67 bits per heavy atom. The van der Waals surface area contributed by atoms with Gasteiger partial charge in [0.15, 0.2) is 0 Å². The molecule has 18 heavy (non-hydrogen) atoms. The standard InChI is InChI=1S/C13H22N4O/c1-5-13(14)7-17(8-13)12-15-10(4)6-11(16-12)18-9(2)3/h6,9H,5,7-8,14H2,1-4H3. The first kappa shape index (κ1) is 13.1. The van der Waals surface area contributed by atoms with Crippen LogP contribution in [-0.2, 0) is 0 Å². The van der Waals surface area contributed by atoms with Gasteiger partial charge in [-0.05, 0) is 27.2 Å². The van der Waals surface area contributed by atoms with Crippen molar-refractivity contribution in [2.45, 2.75) is 45.8 Å². The van der Waals surface area contributed by atoms with Crippen LogP contribution in [0.4, 0.5) is 5.95 Å². The lowest BCUT2D eigenvalue weighted by Crippen LogP contribution is -2.67. The van der Waals surface area contributed by atoms with Gasteiger partial charge in [-0.15, -0.1) is 0 Å². The first-order chi connectivity index (χ1) is 8.42. The molecule has 0 amide bonds. The van der Waals surface area contributed by atoms with Crippen molar-refractivity contribution in [3.63, 3.8) is 0 Å². The fourth-order valence-electron chi connectivity index (χ4n) is 2.05. The number of aromatic nitrogens is 2. The van der Waals surface area contributed by atoms with Crippen molar-refractivity contribution in [2.24, 2.45) is 5.73 Å². The molecule has 2 heterocycles. The summed E-state index contributed by atoms with van der Waals surface area (Å²) < 4.78 is 5.62. The SMILES string of the molecule is CCC1(N)CN(c2nc(C)cc(OC(C)C)n2)C1. The van der Waals surface area contributed by atoms with E-state index in [0.717, 1.165) is 31.2 Å². The number of nitrogens with zero attached hydrogens (tertiary/aromatic N) is 3. The Bertz CT molecular complexity index is 427. The van der Waals surface area contributed by atoms with Crippen molar-refractivity contribution < 1.29 is 4.74 Å². The molecule has 1 aliphatic heterocycles. The molecule has 0 spiro atoms. The predicted octanol–water partition coefficient (Wildman–Crippen LogP) is 1.50. The zero-order chi connectivity index (χ0) is 13.3. The number of nitrogens with two attached hydrogens (primary N) is 1. The van der Waals surface area contributed by atoms with Crippen LogP contribution in [0.2, 0.25) is 0 Å². The summed E-state index contributed by atoms with van der Waals surface area (Å²) in [4.78, 5) is 11.0. The summed E-state index contributed by atoms with van der Waals surface area (Å²) >= 11 is 0. The van der Waals surface area contributed by atoms with E-state index < -0.39 is 0 Å². The monoisotopic (exact) mass is 250 g/mol. The quantitative estimate of drug-likeness (QED) is 0.877. The highest BCUT2D eigenvalue weighted by atomic mass is 16.5. The van der Waals surface area contributed by atoms with E-state index in [1.807, 2.05) is 26.8 Å². The van der Waals surface area contributed by atoms with E-state index in [-0.39, 0.29) is 11.6 Å². The molecule has 0 atom stereocenters. The molecule has 1 aromatic heterocycles. The number of rotatable bonds is 4. The molecule has 2 N–H and O–H groups in total. The second-order valence-electron chi connectivity index (χ2n) is 5.39. The van der Waals surface area contributed by atoms with Crippen LogP contribution in [0.1, 0.15) is 32.9 Å². The minimum absolute atomic E-state index is 0.0772. The maximum atomic E-state index is 6.16. The second kappa shape index (κ2) is 4.72. The van der Waals surface area contributed by atoms with Crippen LogP contribution >= 0.6 is 0 Å². The zero-order valence-corrected chi connectivity index (χ0v) is 11.6. The van der Waals surface area contributed by atoms with Gasteiger partial charge in [-0.3, -0.25) is 0 Å². The summed E-state index contributed by atoms with van der Waals surface area (Å²) in [6.45, 7) is 9.67. The first-order valence-electron chi connectivity index (χ1n) is 6.48. The highest BCUT2D eigenvalue weighted by Crippen LogP contribution is 2.27. The zero-order valence-electron chi connectivity index (χ0n) is 11.6. The lowest BCUT2D eigenvalue weighted by atomic mass is 9.89. The second-order valence-corrected chi connectivity index (χ2v) is 5.39. The van der Waals surface area contributed by atoms with E-state index in [4.69, 9.17) is 10.5 Å². The van der Waals surface area contributed by atoms with Crippen molar-refractivity contribution in [1.29, 1.82) is 0 Å².